The Hall–Kier alpha value is 0.650. The second-order valence-corrected chi connectivity index (χ2v) is 8.79. The van der Waals surface area contributed by atoms with Gasteiger partial charge in [-0.1, -0.05) is 6.58 Å². The summed E-state index contributed by atoms with van der Waals surface area (Å²) >= 11 is 9.07. The lowest BCUT2D eigenvalue weighted by Gasteiger charge is -2.10. The minimum absolute atomic E-state index is 0.239. The van der Waals surface area contributed by atoms with Crippen LogP contribution in [0, 0.1) is 0 Å². The van der Waals surface area contributed by atoms with E-state index in [1.54, 1.807) is 6.92 Å². The number of rotatable bonds is 2. The van der Waals surface area contributed by atoms with Gasteiger partial charge in [0.2, 0.25) is 2.14 Å². The van der Waals surface area contributed by atoms with E-state index in [-0.39, 0.29) is 6.61 Å². The molecule has 0 aliphatic heterocycles. The van der Waals surface area contributed by atoms with E-state index in [1.807, 2.05) is 0 Å². The molecule has 11 heavy (non-hydrogen) atoms. The summed E-state index contributed by atoms with van der Waals surface area (Å²) in [5, 5.41) is 0. The SMILES string of the molecule is C=C(C)COC(=O)C(Br)(Br)Br. The summed E-state index contributed by atoms with van der Waals surface area (Å²) in [4.78, 5) is 11.0. The van der Waals surface area contributed by atoms with Crippen LogP contribution in [0.5, 0.6) is 0 Å². The van der Waals surface area contributed by atoms with Gasteiger partial charge in [-0.05, 0) is 60.3 Å². The van der Waals surface area contributed by atoms with Gasteiger partial charge in [0.05, 0.1) is 0 Å². The molecule has 0 aliphatic carbocycles. The van der Waals surface area contributed by atoms with E-state index >= 15 is 0 Å². The van der Waals surface area contributed by atoms with E-state index < -0.39 is 8.11 Å². The molecule has 0 aromatic heterocycles. The Morgan fingerprint density at radius 1 is 1.55 bits per heavy atom. The van der Waals surface area contributed by atoms with Gasteiger partial charge in [-0.15, -0.1) is 0 Å². The first-order valence-electron chi connectivity index (χ1n) is 2.72. The van der Waals surface area contributed by atoms with Gasteiger partial charge in [-0.2, -0.15) is 0 Å². The van der Waals surface area contributed by atoms with Crippen LogP contribution in [0.1, 0.15) is 6.92 Å². The fourth-order valence-electron chi connectivity index (χ4n) is 0.271. The van der Waals surface area contributed by atoms with Gasteiger partial charge in [0.25, 0.3) is 0 Å². The standard InChI is InChI=1S/C6H7Br3O2/c1-4(2)3-11-5(10)6(7,8)9/h1,3H2,2H3. The number of carbonyl (C=O) groups excluding carboxylic acids is 1. The van der Waals surface area contributed by atoms with Gasteiger partial charge in [0.15, 0.2) is 0 Å². The molecule has 0 saturated carbocycles. The number of carbonyl (C=O) groups is 1. The Bertz CT molecular complexity index is 171. The molecule has 0 atom stereocenters. The monoisotopic (exact) mass is 348 g/mol. The molecule has 0 bridgehead atoms. The maximum Gasteiger partial charge on any atom is 0.345 e. The van der Waals surface area contributed by atoms with Crippen LogP contribution < -0.4 is 0 Å². The first kappa shape index (κ1) is 11.6. The van der Waals surface area contributed by atoms with Crippen molar-refractivity contribution in [2.75, 3.05) is 6.61 Å². The minimum Gasteiger partial charge on any atom is -0.459 e. The highest BCUT2D eigenvalue weighted by Gasteiger charge is 2.30. The predicted molar refractivity (Wildman–Crippen MR) is 55.3 cm³/mol. The maximum absolute atomic E-state index is 11.0. The third-order valence-corrected chi connectivity index (χ3v) is 1.65. The van der Waals surface area contributed by atoms with E-state index in [2.05, 4.69) is 54.4 Å². The highest BCUT2D eigenvalue weighted by atomic mass is 80.0. The van der Waals surface area contributed by atoms with Gasteiger partial charge < -0.3 is 4.74 Å². The van der Waals surface area contributed by atoms with E-state index in [9.17, 15) is 4.79 Å². The van der Waals surface area contributed by atoms with Crippen LogP contribution in [-0.4, -0.2) is 14.7 Å². The fourth-order valence-corrected chi connectivity index (χ4v) is 0.614. The van der Waals surface area contributed by atoms with Crippen LogP contribution in [0.15, 0.2) is 12.2 Å². The normalized spacial score (nSPS) is 10.9. The molecule has 5 heteroatoms. The van der Waals surface area contributed by atoms with E-state index in [0.717, 1.165) is 5.57 Å². The predicted octanol–water partition coefficient (Wildman–Crippen LogP) is 2.94. The molecule has 0 N–H and O–H groups in total. The Morgan fingerprint density at radius 2 is 2.00 bits per heavy atom. The quantitative estimate of drug-likeness (QED) is 0.435. The van der Waals surface area contributed by atoms with Gasteiger partial charge >= 0.3 is 5.97 Å². The van der Waals surface area contributed by atoms with Crippen LogP contribution in [-0.2, 0) is 9.53 Å². The molecule has 0 heterocycles. The topological polar surface area (TPSA) is 26.3 Å². The highest BCUT2D eigenvalue weighted by molar-refractivity contribution is 9.40. The molecular formula is C6H7Br3O2. The summed E-state index contributed by atoms with van der Waals surface area (Å²) in [5.74, 6) is -0.430. The molecule has 0 rings (SSSR count). The lowest BCUT2D eigenvalue weighted by atomic mass is 10.4. The van der Waals surface area contributed by atoms with Crippen molar-refractivity contribution in [3.05, 3.63) is 12.2 Å². The molecule has 2 nitrogen and oxygen atoms in total. The Morgan fingerprint density at radius 3 is 2.27 bits per heavy atom. The lowest BCUT2D eigenvalue weighted by Crippen LogP contribution is -2.20. The van der Waals surface area contributed by atoms with Crippen LogP contribution in [0.2, 0.25) is 0 Å². The zero-order valence-corrected chi connectivity index (χ0v) is 10.6. The van der Waals surface area contributed by atoms with Crippen molar-refractivity contribution < 1.29 is 9.53 Å². The van der Waals surface area contributed by atoms with E-state index in [1.165, 1.54) is 0 Å². The van der Waals surface area contributed by atoms with Crippen LogP contribution >= 0.6 is 47.8 Å². The summed E-state index contributed by atoms with van der Waals surface area (Å²) < 4.78 is 3.82. The smallest absolute Gasteiger partial charge is 0.345 e. The first-order valence-corrected chi connectivity index (χ1v) is 5.10. The van der Waals surface area contributed by atoms with Gasteiger partial charge in [-0.25, -0.2) is 4.79 Å². The van der Waals surface area contributed by atoms with Crippen molar-refractivity contribution in [2.45, 2.75) is 9.07 Å². The number of halogens is 3. The number of ether oxygens (including phenoxy) is 1. The number of hydrogen-bond acceptors (Lipinski definition) is 2. The van der Waals surface area contributed by atoms with Gasteiger partial charge in [-0.3, -0.25) is 0 Å². The minimum atomic E-state index is -0.970. The van der Waals surface area contributed by atoms with Crippen molar-refractivity contribution in [1.82, 2.24) is 0 Å². The summed E-state index contributed by atoms with van der Waals surface area (Å²) in [6.07, 6.45) is 0. The molecule has 0 spiro atoms. The Labute approximate surface area is 90.8 Å². The average Bonchev–Trinajstić information content (AvgIpc) is 1.80. The van der Waals surface area contributed by atoms with Crippen molar-refractivity contribution in [2.24, 2.45) is 0 Å². The van der Waals surface area contributed by atoms with E-state index in [0.29, 0.717) is 0 Å². The highest BCUT2D eigenvalue weighted by Crippen LogP contribution is 2.34. The second kappa shape index (κ2) is 4.62. The van der Waals surface area contributed by atoms with Crippen LogP contribution in [0.3, 0.4) is 0 Å². The largest absolute Gasteiger partial charge is 0.459 e. The maximum atomic E-state index is 11.0. The molecule has 0 saturated heterocycles. The van der Waals surface area contributed by atoms with Crippen LogP contribution in [0.25, 0.3) is 0 Å². The molecule has 0 unspecified atom stereocenters. The van der Waals surface area contributed by atoms with Crippen LogP contribution in [0.4, 0.5) is 0 Å². The van der Waals surface area contributed by atoms with Gasteiger partial charge in [0, 0.05) is 0 Å². The number of esters is 1. The Balaban J connectivity index is 3.80. The van der Waals surface area contributed by atoms with Crippen molar-refractivity contribution in [3.63, 3.8) is 0 Å². The van der Waals surface area contributed by atoms with Crippen molar-refractivity contribution in [3.8, 4) is 0 Å². The summed E-state index contributed by atoms with van der Waals surface area (Å²) in [6.45, 7) is 5.61. The summed E-state index contributed by atoms with van der Waals surface area (Å²) in [6, 6.07) is 0. The molecule has 0 amide bonds. The fraction of sp³-hybridized carbons (Fsp3) is 0.500. The van der Waals surface area contributed by atoms with E-state index in [4.69, 9.17) is 4.74 Å². The second-order valence-electron chi connectivity index (χ2n) is 2.03. The average molecular weight is 351 g/mol. The first-order chi connectivity index (χ1) is 4.84. The lowest BCUT2D eigenvalue weighted by molar-refractivity contribution is -0.140. The summed E-state index contributed by atoms with van der Waals surface area (Å²) in [7, 11) is 0. The molecule has 0 aliphatic rings. The zero-order chi connectivity index (χ0) is 9.07. The molecule has 0 radical (unpaired) electrons. The summed E-state index contributed by atoms with van der Waals surface area (Å²) in [5.41, 5.74) is 0.801. The third kappa shape index (κ3) is 5.87. The van der Waals surface area contributed by atoms with Gasteiger partial charge in [0.1, 0.15) is 6.61 Å². The molecular weight excluding hydrogens is 344 g/mol. The Kier molecular flexibility index (Phi) is 4.89. The zero-order valence-electron chi connectivity index (χ0n) is 5.86. The van der Waals surface area contributed by atoms with Crippen molar-refractivity contribution in [1.29, 1.82) is 0 Å². The van der Waals surface area contributed by atoms with Crippen molar-refractivity contribution >= 4 is 53.8 Å². The molecule has 0 aromatic carbocycles. The molecule has 64 valence electrons. The molecule has 0 fully saturated rings. The number of hydrogen-bond donors (Lipinski definition) is 0. The molecule has 0 aromatic rings. The number of alkyl halides is 3. The third-order valence-electron chi connectivity index (χ3n) is 0.681.